The fraction of sp³-hybridized carbons (Fsp3) is 0. The van der Waals surface area contributed by atoms with Gasteiger partial charge in [0.25, 0.3) is 0 Å². The number of pyridine rings is 1. The Morgan fingerprint density at radius 3 is 1.69 bits per heavy atom. The van der Waals surface area contributed by atoms with Gasteiger partial charge in [-0.25, -0.2) is 0 Å². The largest absolute Gasteiger partial charge is 0.309 e. The highest BCUT2D eigenvalue weighted by molar-refractivity contribution is 6.17. The minimum atomic E-state index is 1.16. The number of nitrogens with zero attached hydrogens (tertiary/aromatic N) is 3. The number of para-hydroxylation sites is 2. The van der Waals surface area contributed by atoms with Crippen LogP contribution in [0, 0.1) is 0 Å². The number of fused-ring (bicyclic) bond motifs is 9. The van der Waals surface area contributed by atoms with Gasteiger partial charge in [-0.3, -0.25) is 4.98 Å². The van der Waals surface area contributed by atoms with Crippen molar-refractivity contribution in [2.75, 3.05) is 0 Å². The summed E-state index contributed by atoms with van der Waals surface area (Å²) < 4.78 is 4.84. The highest BCUT2D eigenvalue weighted by Gasteiger charge is 2.23. The molecule has 0 fully saturated rings. The van der Waals surface area contributed by atoms with Gasteiger partial charge in [-0.1, -0.05) is 109 Å². The van der Waals surface area contributed by atoms with Crippen LogP contribution in [0.4, 0.5) is 0 Å². The average molecular weight is 686 g/mol. The smallest absolute Gasteiger partial charge is 0.0541 e. The normalized spacial score (nSPS) is 12.1. The molecule has 0 atom stereocenters. The van der Waals surface area contributed by atoms with Crippen LogP contribution in [0.3, 0.4) is 0 Å². The van der Waals surface area contributed by atoms with Crippen LogP contribution in [0.1, 0.15) is 0 Å². The summed E-state index contributed by atoms with van der Waals surface area (Å²) in [6.07, 6.45) is 3.91. The first kappa shape index (κ1) is 29.4. The van der Waals surface area contributed by atoms with E-state index < -0.39 is 0 Å². The van der Waals surface area contributed by atoms with Gasteiger partial charge in [-0.15, -0.1) is 0 Å². The molecule has 12 rings (SSSR count). The second kappa shape index (κ2) is 11.1. The minimum absolute atomic E-state index is 1.16. The molecule has 0 saturated carbocycles. The summed E-state index contributed by atoms with van der Waals surface area (Å²) in [7, 11) is 0. The van der Waals surface area contributed by atoms with Crippen LogP contribution in [0.25, 0.3) is 110 Å². The van der Waals surface area contributed by atoms with E-state index in [1.807, 2.05) is 12.4 Å². The molecule has 0 radical (unpaired) electrons. The molecule has 1 aliphatic rings. The van der Waals surface area contributed by atoms with Gasteiger partial charge >= 0.3 is 0 Å². The van der Waals surface area contributed by atoms with Gasteiger partial charge in [-0.05, 0) is 116 Å². The second-order valence-corrected chi connectivity index (χ2v) is 14.4. The molecule has 0 N–H and O–H groups in total. The van der Waals surface area contributed by atoms with Crippen molar-refractivity contribution in [3.63, 3.8) is 0 Å². The molecule has 54 heavy (non-hydrogen) atoms. The van der Waals surface area contributed by atoms with E-state index in [-0.39, 0.29) is 0 Å². The van der Waals surface area contributed by atoms with Gasteiger partial charge < -0.3 is 9.13 Å². The van der Waals surface area contributed by atoms with Crippen molar-refractivity contribution >= 4 is 54.4 Å². The zero-order valence-electron chi connectivity index (χ0n) is 29.2. The fourth-order valence-corrected chi connectivity index (χ4v) is 9.14. The number of hydrogen-bond donors (Lipinski definition) is 0. The van der Waals surface area contributed by atoms with E-state index in [2.05, 4.69) is 190 Å². The maximum atomic E-state index is 4.52. The molecule has 1 aliphatic carbocycles. The lowest BCUT2D eigenvalue weighted by Crippen LogP contribution is -1.95. The lowest BCUT2D eigenvalue weighted by Gasteiger charge is -2.12. The van der Waals surface area contributed by atoms with Crippen molar-refractivity contribution in [3.05, 3.63) is 188 Å². The first-order valence-electron chi connectivity index (χ1n) is 18.5. The van der Waals surface area contributed by atoms with Crippen molar-refractivity contribution in [3.8, 4) is 55.9 Å². The first-order chi connectivity index (χ1) is 26.8. The Balaban J connectivity index is 1.03. The van der Waals surface area contributed by atoms with E-state index >= 15 is 0 Å². The highest BCUT2D eigenvalue weighted by atomic mass is 15.0. The Labute approximate surface area is 311 Å². The predicted octanol–water partition coefficient (Wildman–Crippen LogP) is 13.4. The highest BCUT2D eigenvalue weighted by Crippen LogP contribution is 2.48. The van der Waals surface area contributed by atoms with Crippen molar-refractivity contribution in [1.82, 2.24) is 14.1 Å². The molecule has 250 valence electrons. The van der Waals surface area contributed by atoms with E-state index in [1.165, 1.54) is 98.9 Å². The van der Waals surface area contributed by atoms with Crippen LogP contribution in [0.2, 0.25) is 0 Å². The molecule has 3 heteroatoms. The molecule has 3 heterocycles. The molecule has 3 aromatic heterocycles. The SMILES string of the molecule is c1ccc(-c2cccc(-n3c4ccccc4c4cc(-c5ccc6c(c5)c5ccccc5n6-c5cc6c7c(cccc7c5)-c5ccncc5-6)ccc43)c2)cc1. The summed E-state index contributed by atoms with van der Waals surface area (Å²) in [5.41, 5.74) is 17.0. The van der Waals surface area contributed by atoms with Gasteiger partial charge in [0.2, 0.25) is 0 Å². The third kappa shape index (κ3) is 4.15. The van der Waals surface area contributed by atoms with Crippen LogP contribution < -0.4 is 0 Å². The molecular weight excluding hydrogens is 655 g/mol. The predicted molar refractivity (Wildman–Crippen MR) is 226 cm³/mol. The van der Waals surface area contributed by atoms with Crippen molar-refractivity contribution in [1.29, 1.82) is 0 Å². The summed E-state index contributed by atoms with van der Waals surface area (Å²) in [6, 6.07) is 64.5. The molecule has 0 aliphatic heterocycles. The minimum Gasteiger partial charge on any atom is -0.309 e. The van der Waals surface area contributed by atoms with Crippen LogP contribution in [-0.2, 0) is 0 Å². The topological polar surface area (TPSA) is 22.8 Å². The summed E-state index contributed by atoms with van der Waals surface area (Å²) in [5.74, 6) is 0. The third-order valence-corrected chi connectivity index (χ3v) is 11.5. The molecule has 0 amide bonds. The number of benzene rings is 8. The molecule has 11 aromatic rings. The zero-order valence-corrected chi connectivity index (χ0v) is 29.2. The van der Waals surface area contributed by atoms with Gasteiger partial charge in [0.1, 0.15) is 0 Å². The summed E-state index contributed by atoms with van der Waals surface area (Å²) in [5, 5.41) is 7.56. The maximum absolute atomic E-state index is 4.52. The monoisotopic (exact) mass is 685 g/mol. The molecule has 0 spiro atoms. The lowest BCUT2D eigenvalue weighted by atomic mass is 10.0. The van der Waals surface area contributed by atoms with Gasteiger partial charge in [0.05, 0.1) is 22.1 Å². The molecule has 0 bridgehead atoms. The number of rotatable bonds is 4. The van der Waals surface area contributed by atoms with E-state index in [4.69, 9.17) is 0 Å². The van der Waals surface area contributed by atoms with Gasteiger partial charge in [-0.2, -0.15) is 0 Å². The summed E-state index contributed by atoms with van der Waals surface area (Å²) in [4.78, 5) is 4.52. The molecular formula is C51H31N3. The van der Waals surface area contributed by atoms with Crippen LogP contribution in [-0.4, -0.2) is 14.1 Å². The zero-order chi connectivity index (χ0) is 35.3. The first-order valence-corrected chi connectivity index (χ1v) is 18.5. The summed E-state index contributed by atoms with van der Waals surface area (Å²) in [6.45, 7) is 0. The quantitative estimate of drug-likeness (QED) is 0.181. The molecule has 3 nitrogen and oxygen atoms in total. The van der Waals surface area contributed by atoms with Crippen molar-refractivity contribution < 1.29 is 0 Å². The maximum Gasteiger partial charge on any atom is 0.0541 e. The molecule has 0 saturated heterocycles. The second-order valence-electron chi connectivity index (χ2n) is 14.4. The fourth-order valence-electron chi connectivity index (χ4n) is 9.14. The Morgan fingerprint density at radius 2 is 0.944 bits per heavy atom. The number of aromatic nitrogens is 3. The van der Waals surface area contributed by atoms with E-state index in [0.717, 1.165) is 11.4 Å². The molecule has 8 aromatic carbocycles. The van der Waals surface area contributed by atoms with Crippen LogP contribution in [0.15, 0.2) is 188 Å². The Bertz CT molecular complexity index is 3330. The van der Waals surface area contributed by atoms with E-state index in [1.54, 1.807) is 0 Å². The summed E-state index contributed by atoms with van der Waals surface area (Å²) >= 11 is 0. The van der Waals surface area contributed by atoms with Gasteiger partial charge in [0, 0.05) is 50.9 Å². The Hall–Kier alpha value is -7.23. The van der Waals surface area contributed by atoms with E-state index in [0.29, 0.717) is 0 Å². The van der Waals surface area contributed by atoms with Crippen molar-refractivity contribution in [2.45, 2.75) is 0 Å². The average Bonchev–Trinajstić information content (AvgIpc) is 3.87. The Kier molecular flexibility index (Phi) is 6.05. The van der Waals surface area contributed by atoms with E-state index in [9.17, 15) is 0 Å². The Morgan fingerprint density at radius 1 is 0.333 bits per heavy atom. The van der Waals surface area contributed by atoms with Crippen molar-refractivity contribution in [2.24, 2.45) is 0 Å². The van der Waals surface area contributed by atoms with Crippen LogP contribution in [0.5, 0.6) is 0 Å². The standard InChI is InChI=1S/C51H31N3/c1-2-10-32(11-3-1)33-12-8-14-37(26-33)53-47-18-6-4-15-40(47)43-28-34(20-22-49(43)53)35-21-23-50-44(29-35)41-16-5-7-19-48(41)54(50)38-27-36-13-9-17-42-39-24-25-52-31-46(39)45(30-38)51(36)42/h1-31H. The third-order valence-electron chi connectivity index (χ3n) is 11.5. The lowest BCUT2D eigenvalue weighted by molar-refractivity contribution is 1.18. The van der Waals surface area contributed by atoms with Crippen LogP contribution >= 0.6 is 0 Å². The number of hydrogen-bond acceptors (Lipinski definition) is 1. The molecule has 0 unspecified atom stereocenters. The van der Waals surface area contributed by atoms with Gasteiger partial charge in [0.15, 0.2) is 0 Å².